The molecule has 0 bridgehead atoms. The smallest absolute Gasteiger partial charge is 0.149 e. The number of aromatic nitrogens is 1. The highest BCUT2D eigenvalue weighted by Crippen LogP contribution is 2.32. The van der Waals surface area contributed by atoms with Crippen molar-refractivity contribution in [2.24, 2.45) is 10.7 Å². The first-order valence-corrected chi connectivity index (χ1v) is 6.35. The third-order valence-electron chi connectivity index (χ3n) is 3.22. The number of aliphatic hydroxyl groups excluding tert-OH is 1. The second kappa shape index (κ2) is 5.90. The molecule has 1 fully saturated rings. The molecule has 19 heavy (non-hydrogen) atoms. The van der Waals surface area contributed by atoms with Gasteiger partial charge in [-0.2, -0.15) is 0 Å². The van der Waals surface area contributed by atoms with Crippen LogP contribution in [0.25, 0.3) is 0 Å². The van der Waals surface area contributed by atoms with Crippen molar-refractivity contribution in [3.05, 3.63) is 35.8 Å². The van der Waals surface area contributed by atoms with Gasteiger partial charge in [0.25, 0.3) is 0 Å². The van der Waals surface area contributed by atoms with Crippen molar-refractivity contribution < 1.29 is 9.84 Å². The zero-order valence-corrected chi connectivity index (χ0v) is 11.0. The van der Waals surface area contributed by atoms with Crippen molar-refractivity contribution in [3.63, 3.8) is 0 Å². The lowest BCUT2D eigenvalue weighted by molar-refractivity contribution is 0.00838. The molecule has 0 aromatic carbocycles. The molecule has 6 heteroatoms. The van der Waals surface area contributed by atoms with Gasteiger partial charge in [0.05, 0.1) is 24.5 Å². The van der Waals surface area contributed by atoms with Crippen LogP contribution in [0.15, 0.2) is 29.4 Å². The second-order valence-electron chi connectivity index (χ2n) is 4.52. The van der Waals surface area contributed by atoms with Gasteiger partial charge in [0, 0.05) is 6.20 Å². The number of amidine groups is 1. The van der Waals surface area contributed by atoms with E-state index in [9.17, 15) is 0 Å². The number of aliphatic hydroxyl groups is 1. The number of nitrogens with two attached hydrogens (primary N) is 2. The molecule has 0 amide bonds. The fourth-order valence-electron chi connectivity index (χ4n) is 2.21. The number of hydrogen-bond donors (Lipinski definition) is 3. The zero-order valence-electron chi connectivity index (χ0n) is 11.0. The van der Waals surface area contributed by atoms with Gasteiger partial charge in [-0.25, -0.2) is 4.99 Å². The van der Waals surface area contributed by atoms with Crippen LogP contribution in [-0.4, -0.2) is 28.3 Å². The van der Waals surface area contributed by atoms with Crippen LogP contribution < -0.4 is 11.6 Å². The molecular weight excluding hydrogens is 244 g/mol. The summed E-state index contributed by atoms with van der Waals surface area (Å²) in [4.78, 5) is 4.08. The molecule has 1 saturated heterocycles. The van der Waals surface area contributed by atoms with E-state index in [1.807, 2.05) is 19.1 Å². The van der Waals surface area contributed by atoms with Gasteiger partial charge in [-0.05, 0) is 31.9 Å². The summed E-state index contributed by atoms with van der Waals surface area (Å²) >= 11 is 0. The summed E-state index contributed by atoms with van der Waals surface area (Å²) in [5.41, 5.74) is 7.37. The fourth-order valence-corrected chi connectivity index (χ4v) is 2.21. The first kappa shape index (κ1) is 13.6. The van der Waals surface area contributed by atoms with Crippen LogP contribution in [-0.2, 0) is 4.74 Å². The average Bonchev–Trinajstić information content (AvgIpc) is 3.02. The molecule has 1 aromatic heterocycles. The molecule has 0 aliphatic carbocycles. The second-order valence-corrected chi connectivity index (χ2v) is 4.52. The Hall–Kier alpha value is -1.79. The van der Waals surface area contributed by atoms with E-state index in [0.29, 0.717) is 11.5 Å². The molecule has 0 saturated carbocycles. The number of ether oxygens (including phenoxy) is 1. The number of nitrogen functional groups attached to an aromatic ring is 1. The number of hydrogen-bond acceptors (Lipinski definition) is 4. The van der Waals surface area contributed by atoms with Crippen LogP contribution in [0.2, 0.25) is 0 Å². The Kier molecular flexibility index (Phi) is 4.24. The lowest BCUT2D eigenvalue weighted by Crippen LogP contribution is -2.25. The van der Waals surface area contributed by atoms with Gasteiger partial charge >= 0.3 is 0 Å². The molecule has 2 heterocycles. The van der Waals surface area contributed by atoms with Crippen molar-refractivity contribution in [3.8, 4) is 0 Å². The van der Waals surface area contributed by atoms with Crippen LogP contribution in [0.4, 0.5) is 0 Å². The SMILES string of the molecule is CC=CN=C(N)c1ccc(C2CCC(CO)O2)n1N. The van der Waals surface area contributed by atoms with Gasteiger partial charge in [-0.15, -0.1) is 0 Å². The summed E-state index contributed by atoms with van der Waals surface area (Å²) < 4.78 is 7.21. The Bertz CT molecular complexity index is 493. The van der Waals surface area contributed by atoms with Crippen molar-refractivity contribution in [1.82, 2.24) is 4.68 Å². The summed E-state index contributed by atoms with van der Waals surface area (Å²) in [7, 11) is 0. The lowest BCUT2D eigenvalue weighted by Gasteiger charge is -2.14. The molecule has 1 aromatic rings. The number of aliphatic imine (C=N–C) groups is 1. The first-order chi connectivity index (χ1) is 9.17. The molecule has 1 aliphatic heterocycles. The summed E-state index contributed by atoms with van der Waals surface area (Å²) in [5, 5.41) is 9.08. The predicted molar refractivity (Wildman–Crippen MR) is 74.1 cm³/mol. The van der Waals surface area contributed by atoms with Gasteiger partial charge in [-0.3, -0.25) is 4.68 Å². The highest BCUT2D eigenvalue weighted by molar-refractivity contribution is 5.96. The minimum atomic E-state index is -0.0996. The fraction of sp³-hybridized carbons (Fsp3) is 0.462. The number of rotatable bonds is 4. The Labute approximate surface area is 112 Å². The predicted octanol–water partition coefficient (Wildman–Crippen LogP) is 0.653. The maximum absolute atomic E-state index is 9.08. The lowest BCUT2D eigenvalue weighted by atomic mass is 10.1. The van der Waals surface area contributed by atoms with E-state index in [0.717, 1.165) is 18.5 Å². The van der Waals surface area contributed by atoms with Crippen LogP contribution in [0.5, 0.6) is 0 Å². The molecule has 2 rings (SSSR count). The van der Waals surface area contributed by atoms with Crippen LogP contribution in [0.1, 0.15) is 37.3 Å². The highest BCUT2D eigenvalue weighted by atomic mass is 16.5. The van der Waals surface area contributed by atoms with E-state index >= 15 is 0 Å². The van der Waals surface area contributed by atoms with E-state index in [2.05, 4.69) is 4.99 Å². The van der Waals surface area contributed by atoms with Gasteiger partial charge < -0.3 is 21.4 Å². The van der Waals surface area contributed by atoms with Crippen molar-refractivity contribution in [1.29, 1.82) is 0 Å². The molecule has 0 spiro atoms. The monoisotopic (exact) mass is 264 g/mol. The maximum Gasteiger partial charge on any atom is 0.149 e. The van der Waals surface area contributed by atoms with Crippen molar-refractivity contribution in [2.45, 2.75) is 32.0 Å². The van der Waals surface area contributed by atoms with Gasteiger partial charge in [0.2, 0.25) is 0 Å². The molecule has 2 atom stereocenters. The number of nitrogens with zero attached hydrogens (tertiary/aromatic N) is 2. The van der Waals surface area contributed by atoms with E-state index in [1.165, 1.54) is 4.68 Å². The normalized spacial score (nSPS) is 24.4. The van der Waals surface area contributed by atoms with Crippen molar-refractivity contribution >= 4 is 5.84 Å². The summed E-state index contributed by atoms with van der Waals surface area (Å²) in [6, 6.07) is 3.71. The third kappa shape index (κ3) is 2.80. The van der Waals surface area contributed by atoms with Gasteiger partial charge in [-0.1, -0.05) is 6.08 Å². The molecule has 6 nitrogen and oxygen atoms in total. The minimum Gasteiger partial charge on any atom is -0.394 e. The zero-order chi connectivity index (χ0) is 13.8. The standard InChI is InChI=1S/C13H20N4O2/c1-2-7-16-13(14)11-5-4-10(17(11)15)12-6-3-9(8-18)19-12/h2,4-5,7,9,12,18H,3,6,8,15H2,1H3,(H2,14,16). The van der Waals surface area contributed by atoms with E-state index in [-0.39, 0.29) is 18.8 Å². The van der Waals surface area contributed by atoms with Gasteiger partial charge in [0.1, 0.15) is 11.5 Å². The van der Waals surface area contributed by atoms with E-state index < -0.39 is 0 Å². The molecule has 104 valence electrons. The largest absolute Gasteiger partial charge is 0.394 e. The summed E-state index contributed by atoms with van der Waals surface area (Å²) in [5.74, 6) is 6.40. The average molecular weight is 264 g/mol. The quantitative estimate of drug-likeness (QED) is 0.422. The Morgan fingerprint density at radius 2 is 2.37 bits per heavy atom. The Morgan fingerprint density at radius 1 is 1.58 bits per heavy atom. The van der Waals surface area contributed by atoms with Crippen LogP contribution >= 0.6 is 0 Å². The van der Waals surface area contributed by atoms with Crippen LogP contribution in [0, 0.1) is 0 Å². The molecule has 1 aliphatic rings. The molecule has 5 N–H and O–H groups in total. The van der Waals surface area contributed by atoms with E-state index in [4.69, 9.17) is 21.4 Å². The van der Waals surface area contributed by atoms with Gasteiger partial charge in [0.15, 0.2) is 0 Å². The topological polar surface area (TPSA) is 98.8 Å². The van der Waals surface area contributed by atoms with Crippen LogP contribution in [0.3, 0.4) is 0 Å². The molecular formula is C13H20N4O2. The van der Waals surface area contributed by atoms with Crippen molar-refractivity contribution in [2.75, 3.05) is 12.4 Å². The van der Waals surface area contributed by atoms with E-state index in [1.54, 1.807) is 12.3 Å². The summed E-state index contributed by atoms with van der Waals surface area (Å²) in [6.07, 6.45) is 4.91. The highest BCUT2D eigenvalue weighted by Gasteiger charge is 2.28. The summed E-state index contributed by atoms with van der Waals surface area (Å²) in [6.45, 7) is 1.91. The minimum absolute atomic E-state index is 0.0412. The number of allylic oxidation sites excluding steroid dienone is 1. The maximum atomic E-state index is 9.08. The third-order valence-corrected chi connectivity index (χ3v) is 3.22. The first-order valence-electron chi connectivity index (χ1n) is 6.35. The Morgan fingerprint density at radius 3 is 3.00 bits per heavy atom. The Balaban J connectivity index is 2.19. The molecule has 0 radical (unpaired) electrons. The molecule has 2 unspecified atom stereocenters.